The molecule has 0 N–H and O–H groups in total. The Morgan fingerprint density at radius 3 is 2.87 bits per heavy atom. The molecule has 0 amide bonds. The molecule has 0 aromatic heterocycles. The Balaban J connectivity index is 2.05. The fourth-order valence-electron chi connectivity index (χ4n) is 2.58. The number of benzene rings is 1. The van der Waals surface area contributed by atoms with Crippen LogP contribution in [0.4, 0.5) is 0 Å². The molecule has 0 radical (unpaired) electrons. The monoisotopic (exact) mass is 203 g/mol. The van der Waals surface area contributed by atoms with Gasteiger partial charge in [-0.2, -0.15) is 0 Å². The van der Waals surface area contributed by atoms with Crippen LogP contribution in [-0.4, -0.2) is 11.9 Å². The first kappa shape index (κ1) is 10.7. The lowest BCUT2D eigenvalue weighted by atomic mass is 10.00. The normalized spacial score (nSPS) is 20.5. The number of hydrogen-bond donors (Lipinski definition) is 0. The van der Waals surface area contributed by atoms with Gasteiger partial charge in [0.1, 0.15) is 0 Å². The van der Waals surface area contributed by atoms with Crippen molar-refractivity contribution in [3.63, 3.8) is 0 Å². The van der Waals surface area contributed by atoms with Gasteiger partial charge in [-0.1, -0.05) is 50.5 Å². The summed E-state index contributed by atoms with van der Waals surface area (Å²) >= 11 is 0. The van der Waals surface area contributed by atoms with Gasteiger partial charge < -0.3 is 0 Å². The summed E-state index contributed by atoms with van der Waals surface area (Å²) in [6, 6.07) is 9.57. The van der Waals surface area contributed by atoms with Crippen molar-refractivity contribution in [2.24, 2.45) is 0 Å². The van der Waals surface area contributed by atoms with E-state index in [0.717, 1.165) is 6.54 Å². The molecule has 15 heavy (non-hydrogen) atoms. The highest BCUT2D eigenvalue weighted by atomic mass is 15.1. The van der Waals surface area contributed by atoms with E-state index < -0.39 is 0 Å². The summed E-state index contributed by atoms with van der Waals surface area (Å²) < 4.78 is 0. The first-order chi connectivity index (χ1) is 7.33. The minimum atomic E-state index is 0.674. The van der Waals surface area contributed by atoms with Crippen LogP contribution in [0.15, 0.2) is 24.3 Å². The van der Waals surface area contributed by atoms with Gasteiger partial charge in [-0.05, 0) is 24.6 Å². The summed E-state index contributed by atoms with van der Waals surface area (Å²) in [6.07, 6.45) is 5.37. The second-order valence-corrected chi connectivity index (χ2v) is 4.63. The van der Waals surface area contributed by atoms with Crippen molar-refractivity contribution in [2.75, 3.05) is 7.05 Å². The average molecular weight is 203 g/mol. The fraction of sp³-hybridized carbons (Fsp3) is 0.571. The topological polar surface area (TPSA) is 3.24 Å². The second-order valence-electron chi connectivity index (χ2n) is 4.63. The molecule has 0 bridgehead atoms. The molecule has 1 aromatic rings. The number of rotatable bonds is 4. The van der Waals surface area contributed by atoms with Crippen LogP contribution in [0.3, 0.4) is 0 Å². The van der Waals surface area contributed by atoms with Crippen LogP contribution in [0.5, 0.6) is 0 Å². The largest absolute Gasteiger partial charge is 0.295 e. The van der Waals surface area contributed by atoms with Gasteiger partial charge in [0.15, 0.2) is 0 Å². The van der Waals surface area contributed by atoms with Gasteiger partial charge in [0.25, 0.3) is 0 Å². The van der Waals surface area contributed by atoms with Gasteiger partial charge >= 0.3 is 0 Å². The molecule has 0 aliphatic carbocycles. The molecule has 1 atom stereocenters. The molecule has 1 heteroatoms. The maximum absolute atomic E-state index is 2.49. The lowest BCUT2D eigenvalue weighted by Gasteiger charge is -2.20. The van der Waals surface area contributed by atoms with Gasteiger partial charge in [0, 0.05) is 12.6 Å². The molecule has 0 saturated heterocycles. The highest BCUT2D eigenvalue weighted by molar-refractivity contribution is 5.33. The summed E-state index contributed by atoms with van der Waals surface area (Å²) in [5.41, 5.74) is 3.10. The molecular weight excluding hydrogens is 182 g/mol. The second kappa shape index (κ2) is 4.80. The Morgan fingerprint density at radius 2 is 2.07 bits per heavy atom. The van der Waals surface area contributed by atoms with E-state index in [4.69, 9.17) is 0 Å². The molecule has 1 aliphatic heterocycles. The van der Waals surface area contributed by atoms with Crippen molar-refractivity contribution in [3.8, 4) is 0 Å². The lowest BCUT2D eigenvalue weighted by molar-refractivity contribution is 0.250. The van der Waals surface area contributed by atoms with Crippen molar-refractivity contribution >= 4 is 0 Å². The van der Waals surface area contributed by atoms with E-state index >= 15 is 0 Å². The van der Waals surface area contributed by atoms with E-state index in [-0.39, 0.29) is 0 Å². The van der Waals surface area contributed by atoms with Gasteiger partial charge in [0.2, 0.25) is 0 Å². The average Bonchev–Trinajstić information content (AvgIpc) is 2.56. The third-order valence-corrected chi connectivity index (χ3v) is 3.45. The molecule has 0 saturated carbocycles. The van der Waals surface area contributed by atoms with Crippen molar-refractivity contribution in [1.29, 1.82) is 0 Å². The predicted octanol–water partition coefficient (Wildman–Crippen LogP) is 3.75. The molecular formula is C14H21N. The summed E-state index contributed by atoms with van der Waals surface area (Å²) in [6.45, 7) is 3.40. The predicted molar refractivity (Wildman–Crippen MR) is 64.8 cm³/mol. The molecule has 1 aromatic carbocycles. The van der Waals surface area contributed by atoms with Gasteiger partial charge in [-0.3, -0.25) is 4.90 Å². The highest BCUT2D eigenvalue weighted by Crippen LogP contribution is 2.35. The Kier molecular flexibility index (Phi) is 3.42. The number of fused-ring (bicyclic) bond motifs is 1. The number of unbranched alkanes of at least 4 members (excludes halogenated alkanes) is 2. The van der Waals surface area contributed by atoms with Crippen LogP contribution < -0.4 is 0 Å². The molecule has 0 unspecified atom stereocenters. The minimum absolute atomic E-state index is 0.674. The third-order valence-electron chi connectivity index (χ3n) is 3.45. The van der Waals surface area contributed by atoms with Gasteiger partial charge in [-0.15, -0.1) is 0 Å². The number of hydrogen-bond acceptors (Lipinski definition) is 1. The van der Waals surface area contributed by atoms with E-state index in [0.29, 0.717) is 6.04 Å². The summed E-state index contributed by atoms with van der Waals surface area (Å²) in [5.74, 6) is 0. The van der Waals surface area contributed by atoms with E-state index in [2.05, 4.69) is 43.1 Å². The quantitative estimate of drug-likeness (QED) is 0.674. The first-order valence-electron chi connectivity index (χ1n) is 6.11. The smallest absolute Gasteiger partial charge is 0.0351 e. The zero-order chi connectivity index (χ0) is 10.7. The van der Waals surface area contributed by atoms with Crippen LogP contribution >= 0.6 is 0 Å². The molecule has 82 valence electrons. The van der Waals surface area contributed by atoms with Crippen molar-refractivity contribution in [2.45, 2.75) is 45.2 Å². The third kappa shape index (κ3) is 2.23. The number of nitrogens with zero attached hydrogens (tertiary/aromatic N) is 1. The molecule has 0 spiro atoms. The van der Waals surface area contributed by atoms with Crippen LogP contribution in [0, 0.1) is 0 Å². The van der Waals surface area contributed by atoms with Crippen molar-refractivity contribution < 1.29 is 0 Å². The SMILES string of the molecule is CCCCC[C@H]1c2ccccc2CN1C. The summed E-state index contributed by atoms with van der Waals surface area (Å²) in [7, 11) is 2.25. The minimum Gasteiger partial charge on any atom is -0.295 e. The van der Waals surface area contributed by atoms with Crippen LogP contribution in [-0.2, 0) is 6.54 Å². The fourth-order valence-corrected chi connectivity index (χ4v) is 2.58. The lowest BCUT2D eigenvalue weighted by Crippen LogP contribution is -2.16. The Hall–Kier alpha value is -0.820. The van der Waals surface area contributed by atoms with Crippen LogP contribution in [0.2, 0.25) is 0 Å². The van der Waals surface area contributed by atoms with Crippen molar-refractivity contribution in [3.05, 3.63) is 35.4 Å². The Bertz CT molecular complexity index is 319. The van der Waals surface area contributed by atoms with E-state index in [1.807, 2.05) is 0 Å². The Morgan fingerprint density at radius 1 is 1.27 bits per heavy atom. The van der Waals surface area contributed by atoms with Gasteiger partial charge in [0.05, 0.1) is 0 Å². The summed E-state index contributed by atoms with van der Waals surface area (Å²) in [5, 5.41) is 0. The van der Waals surface area contributed by atoms with Crippen molar-refractivity contribution in [1.82, 2.24) is 4.90 Å². The summed E-state index contributed by atoms with van der Waals surface area (Å²) in [4.78, 5) is 2.49. The molecule has 1 aliphatic rings. The van der Waals surface area contributed by atoms with Crippen LogP contribution in [0.1, 0.15) is 49.8 Å². The maximum Gasteiger partial charge on any atom is 0.0351 e. The first-order valence-corrected chi connectivity index (χ1v) is 6.11. The van der Waals surface area contributed by atoms with E-state index in [9.17, 15) is 0 Å². The molecule has 2 rings (SSSR count). The zero-order valence-corrected chi connectivity index (χ0v) is 9.87. The highest BCUT2D eigenvalue weighted by Gasteiger charge is 2.25. The van der Waals surface area contributed by atoms with Gasteiger partial charge in [-0.25, -0.2) is 0 Å². The standard InChI is InChI=1S/C14H21N/c1-3-4-5-10-14-13-9-7-6-8-12(13)11-15(14)2/h6-9,14H,3-5,10-11H2,1-2H3/t14-/m0/s1. The van der Waals surface area contributed by atoms with Crippen LogP contribution in [0.25, 0.3) is 0 Å². The molecule has 1 heterocycles. The zero-order valence-electron chi connectivity index (χ0n) is 9.87. The van der Waals surface area contributed by atoms with E-state index in [1.165, 1.54) is 31.2 Å². The van der Waals surface area contributed by atoms with E-state index in [1.54, 1.807) is 5.56 Å². The Labute approximate surface area is 93.1 Å². The maximum atomic E-state index is 2.49. The molecule has 0 fully saturated rings. The molecule has 1 nitrogen and oxygen atoms in total.